The highest BCUT2D eigenvalue weighted by molar-refractivity contribution is 7.90. The Morgan fingerprint density at radius 3 is 2.25 bits per heavy atom. The highest BCUT2D eigenvalue weighted by Crippen LogP contribution is 2.32. The summed E-state index contributed by atoms with van der Waals surface area (Å²) >= 11 is 0. The van der Waals surface area contributed by atoms with Gasteiger partial charge in [0.05, 0.1) is 17.5 Å². The summed E-state index contributed by atoms with van der Waals surface area (Å²) in [6, 6.07) is 19.4. The van der Waals surface area contributed by atoms with E-state index in [4.69, 9.17) is 4.74 Å². The number of benzene rings is 3. The standard InChI is InChI=1S/C33H35N3O7S/c1-21(2)18-27(34-31(38)22-12-14-25(15-13-22)43-24-9-5-4-6-10-24)33(40)35-17-16-28-30(35)29(37)20-36(28)32(39)23-8-7-11-26(19-23)44(3,41)42/h4-15,19,21,27-28,30H,16-18,20H2,1-3H3,(H,34,38). The van der Waals surface area contributed by atoms with Gasteiger partial charge in [0.2, 0.25) is 5.91 Å². The smallest absolute Gasteiger partial charge is 0.254 e. The van der Waals surface area contributed by atoms with Crippen LogP contribution in [0.15, 0.2) is 83.8 Å². The van der Waals surface area contributed by atoms with Crippen LogP contribution in [0.5, 0.6) is 11.5 Å². The van der Waals surface area contributed by atoms with Gasteiger partial charge in [-0.15, -0.1) is 0 Å². The second-order valence-electron chi connectivity index (χ2n) is 11.6. The highest BCUT2D eigenvalue weighted by atomic mass is 32.2. The van der Waals surface area contributed by atoms with Gasteiger partial charge in [-0.1, -0.05) is 38.1 Å². The fourth-order valence-electron chi connectivity index (χ4n) is 5.80. The first-order valence-electron chi connectivity index (χ1n) is 14.5. The third kappa shape index (κ3) is 6.67. The van der Waals surface area contributed by atoms with Gasteiger partial charge in [-0.3, -0.25) is 19.2 Å². The van der Waals surface area contributed by atoms with Crippen molar-refractivity contribution in [2.24, 2.45) is 5.92 Å². The van der Waals surface area contributed by atoms with Crippen molar-refractivity contribution in [1.29, 1.82) is 0 Å². The molecule has 0 spiro atoms. The number of ketones is 1. The Morgan fingerprint density at radius 1 is 0.909 bits per heavy atom. The Kier molecular flexibility index (Phi) is 8.87. The van der Waals surface area contributed by atoms with Gasteiger partial charge in [0.1, 0.15) is 23.6 Å². The van der Waals surface area contributed by atoms with Crippen LogP contribution in [0.2, 0.25) is 0 Å². The van der Waals surface area contributed by atoms with E-state index in [0.29, 0.717) is 29.9 Å². The molecule has 2 aliphatic rings. The van der Waals surface area contributed by atoms with E-state index in [0.717, 1.165) is 6.26 Å². The van der Waals surface area contributed by atoms with E-state index in [2.05, 4.69) is 5.32 Å². The average molecular weight is 618 g/mol. The van der Waals surface area contributed by atoms with Crippen molar-refractivity contribution in [3.8, 4) is 11.5 Å². The minimum atomic E-state index is -3.53. The number of rotatable bonds is 9. The van der Waals surface area contributed by atoms with E-state index in [-0.39, 0.29) is 41.2 Å². The molecule has 0 radical (unpaired) electrons. The summed E-state index contributed by atoms with van der Waals surface area (Å²) in [5.41, 5.74) is 0.521. The number of Topliss-reactive ketones (excluding diaryl/α,β-unsaturated/α-hetero) is 1. The molecule has 230 valence electrons. The van der Waals surface area contributed by atoms with Gasteiger partial charge in [-0.25, -0.2) is 8.42 Å². The fourth-order valence-corrected chi connectivity index (χ4v) is 6.47. The molecule has 11 heteroatoms. The zero-order chi connectivity index (χ0) is 31.6. The monoisotopic (exact) mass is 617 g/mol. The lowest BCUT2D eigenvalue weighted by Gasteiger charge is -2.29. The molecule has 3 unspecified atom stereocenters. The molecule has 0 aliphatic carbocycles. The van der Waals surface area contributed by atoms with Gasteiger partial charge in [0, 0.05) is 23.9 Å². The maximum atomic E-state index is 13.9. The zero-order valence-electron chi connectivity index (χ0n) is 24.8. The number of nitrogens with zero attached hydrogens (tertiary/aromatic N) is 2. The number of carbonyl (C=O) groups is 4. The number of carbonyl (C=O) groups excluding carboxylic acids is 4. The van der Waals surface area contributed by atoms with Crippen molar-refractivity contribution >= 4 is 33.3 Å². The number of amides is 3. The molecule has 3 atom stereocenters. The first-order valence-corrected chi connectivity index (χ1v) is 16.4. The van der Waals surface area contributed by atoms with E-state index in [9.17, 15) is 27.6 Å². The van der Waals surface area contributed by atoms with E-state index >= 15 is 0 Å². The Labute approximate surface area is 256 Å². The van der Waals surface area contributed by atoms with E-state index < -0.39 is 39.8 Å². The van der Waals surface area contributed by atoms with Crippen molar-refractivity contribution in [2.45, 2.75) is 49.7 Å². The Balaban J connectivity index is 1.29. The SMILES string of the molecule is CC(C)CC(NC(=O)c1ccc(Oc2ccccc2)cc1)C(=O)N1CCC2C1C(=O)CN2C(=O)c1cccc(S(C)(=O)=O)c1. The molecule has 10 nitrogen and oxygen atoms in total. The van der Waals surface area contributed by atoms with E-state index in [1.165, 1.54) is 34.1 Å². The number of likely N-dealkylation sites (tertiary alicyclic amines) is 2. The van der Waals surface area contributed by atoms with Crippen molar-refractivity contribution < 1.29 is 32.3 Å². The molecule has 5 rings (SSSR count). The van der Waals surface area contributed by atoms with Gasteiger partial charge >= 0.3 is 0 Å². The number of ether oxygens (including phenoxy) is 1. The van der Waals surface area contributed by atoms with Crippen molar-refractivity contribution in [3.63, 3.8) is 0 Å². The van der Waals surface area contributed by atoms with Crippen LogP contribution in [0.4, 0.5) is 0 Å². The third-order valence-corrected chi connectivity index (χ3v) is 8.99. The topological polar surface area (TPSA) is 130 Å². The maximum Gasteiger partial charge on any atom is 0.254 e. The largest absolute Gasteiger partial charge is 0.457 e. The van der Waals surface area contributed by atoms with Crippen molar-refractivity contribution in [3.05, 3.63) is 90.0 Å². The fraction of sp³-hybridized carbons (Fsp3) is 0.333. The Hall–Kier alpha value is -4.51. The van der Waals surface area contributed by atoms with Crippen LogP contribution in [-0.4, -0.2) is 79.2 Å². The summed E-state index contributed by atoms with van der Waals surface area (Å²) in [6.45, 7) is 3.96. The summed E-state index contributed by atoms with van der Waals surface area (Å²) in [5.74, 6) is -0.220. The van der Waals surface area contributed by atoms with Crippen LogP contribution in [-0.2, 0) is 19.4 Å². The first kappa shape index (κ1) is 30.9. The van der Waals surface area contributed by atoms with E-state index in [1.807, 2.05) is 44.2 Å². The Bertz CT molecular complexity index is 1670. The summed E-state index contributed by atoms with van der Waals surface area (Å²) in [7, 11) is -3.53. The van der Waals surface area contributed by atoms with Gasteiger partial charge in [-0.2, -0.15) is 0 Å². The molecule has 2 heterocycles. The summed E-state index contributed by atoms with van der Waals surface area (Å²) in [6.07, 6.45) is 1.82. The summed E-state index contributed by atoms with van der Waals surface area (Å²) < 4.78 is 29.8. The second-order valence-corrected chi connectivity index (χ2v) is 13.6. The minimum Gasteiger partial charge on any atom is -0.457 e. The van der Waals surface area contributed by atoms with Crippen LogP contribution < -0.4 is 10.1 Å². The van der Waals surface area contributed by atoms with Gasteiger partial charge < -0.3 is 19.9 Å². The quantitative estimate of drug-likeness (QED) is 0.387. The molecule has 1 N–H and O–H groups in total. The predicted octanol–water partition coefficient (Wildman–Crippen LogP) is 3.72. The van der Waals surface area contributed by atoms with Crippen LogP contribution in [0.1, 0.15) is 47.4 Å². The zero-order valence-corrected chi connectivity index (χ0v) is 25.6. The minimum absolute atomic E-state index is 0.0132. The molecular formula is C33H35N3O7S. The van der Waals surface area contributed by atoms with Gasteiger partial charge in [-0.05, 0) is 73.4 Å². The van der Waals surface area contributed by atoms with Crippen molar-refractivity contribution in [2.75, 3.05) is 19.3 Å². The molecule has 3 aromatic carbocycles. The van der Waals surface area contributed by atoms with E-state index in [1.54, 1.807) is 24.3 Å². The number of hydrogen-bond donors (Lipinski definition) is 1. The highest BCUT2D eigenvalue weighted by Gasteiger charge is 2.52. The lowest BCUT2D eigenvalue weighted by atomic mass is 10.0. The van der Waals surface area contributed by atoms with Crippen LogP contribution in [0.3, 0.4) is 0 Å². The number of sulfone groups is 1. The average Bonchev–Trinajstić information content (AvgIpc) is 3.57. The summed E-state index contributed by atoms with van der Waals surface area (Å²) in [4.78, 5) is 56.6. The molecular weight excluding hydrogens is 582 g/mol. The third-order valence-electron chi connectivity index (χ3n) is 7.88. The molecule has 0 bridgehead atoms. The molecule has 2 saturated heterocycles. The number of nitrogens with one attached hydrogen (secondary N) is 1. The predicted molar refractivity (Wildman–Crippen MR) is 163 cm³/mol. The van der Waals surface area contributed by atoms with Gasteiger partial charge in [0.15, 0.2) is 15.6 Å². The van der Waals surface area contributed by atoms with Crippen LogP contribution >= 0.6 is 0 Å². The van der Waals surface area contributed by atoms with Crippen LogP contribution in [0, 0.1) is 5.92 Å². The molecule has 2 aliphatic heterocycles. The lowest BCUT2D eigenvalue weighted by Crippen LogP contribution is -2.53. The molecule has 3 amide bonds. The normalized spacial score (nSPS) is 18.7. The first-order chi connectivity index (χ1) is 20.9. The number of fused-ring (bicyclic) bond motifs is 1. The molecule has 2 fully saturated rings. The maximum absolute atomic E-state index is 13.9. The lowest BCUT2D eigenvalue weighted by molar-refractivity contribution is -0.138. The molecule has 0 aromatic heterocycles. The second kappa shape index (κ2) is 12.6. The summed E-state index contributed by atoms with van der Waals surface area (Å²) in [5, 5.41) is 2.87. The van der Waals surface area contributed by atoms with Crippen LogP contribution in [0.25, 0.3) is 0 Å². The molecule has 3 aromatic rings. The molecule has 0 saturated carbocycles. The number of para-hydroxylation sites is 1. The Morgan fingerprint density at radius 2 is 1.59 bits per heavy atom. The number of hydrogen-bond acceptors (Lipinski definition) is 7. The van der Waals surface area contributed by atoms with Gasteiger partial charge in [0.25, 0.3) is 11.8 Å². The van der Waals surface area contributed by atoms with Crippen molar-refractivity contribution in [1.82, 2.24) is 15.1 Å². The molecule has 44 heavy (non-hydrogen) atoms.